The van der Waals surface area contributed by atoms with Crippen LogP contribution in [0.2, 0.25) is 0 Å². The Labute approximate surface area is 325 Å². The molecule has 2 N–H and O–H groups in total. The van der Waals surface area contributed by atoms with Crippen molar-refractivity contribution in [3.63, 3.8) is 0 Å². The summed E-state index contributed by atoms with van der Waals surface area (Å²) in [5.41, 5.74) is 7.55. The lowest BCUT2D eigenvalue weighted by molar-refractivity contribution is 0.0598. The largest absolute Gasteiger partial charge is 0.493 e. The van der Waals surface area contributed by atoms with Gasteiger partial charge in [-0.15, -0.1) is 0 Å². The lowest BCUT2D eigenvalue weighted by atomic mass is 9.86. The summed E-state index contributed by atoms with van der Waals surface area (Å²) < 4.78 is 32.2. The molecule has 0 aliphatic carbocycles. The number of rotatable bonds is 8. The van der Waals surface area contributed by atoms with E-state index in [0.717, 1.165) is 86.3 Å². The number of hydrogen-bond acceptors (Lipinski definition) is 10. The van der Waals surface area contributed by atoms with E-state index >= 15 is 0 Å². The number of benzene rings is 4. The Morgan fingerprint density at radius 2 is 1.45 bits per heavy atom. The van der Waals surface area contributed by atoms with Crippen molar-refractivity contribution in [1.82, 2.24) is 14.7 Å². The van der Waals surface area contributed by atoms with Crippen LogP contribution in [0, 0.1) is 0 Å². The Morgan fingerprint density at radius 3 is 2.20 bits per heavy atom. The van der Waals surface area contributed by atoms with Crippen molar-refractivity contribution in [2.75, 3.05) is 67.6 Å². The van der Waals surface area contributed by atoms with Gasteiger partial charge in [0.25, 0.3) is 0 Å². The van der Waals surface area contributed by atoms with E-state index in [1.165, 1.54) is 23.1 Å². The fourth-order valence-corrected chi connectivity index (χ4v) is 8.94. The molecule has 6 bridgehead atoms. The van der Waals surface area contributed by atoms with Gasteiger partial charge in [-0.05, 0) is 136 Å². The quantitative estimate of drug-likeness (QED) is 0.199. The summed E-state index contributed by atoms with van der Waals surface area (Å²) in [6, 6.07) is 20.8. The number of fused-ring (bicyclic) bond motifs is 2. The molecule has 9 rings (SSSR count). The summed E-state index contributed by atoms with van der Waals surface area (Å²) in [4.78, 5) is 7.09. The third kappa shape index (κ3) is 7.89. The Balaban J connectivity index is 1.29. The minimum atomic E-state index is -0.691. The maximum atomic E-state index is 11.3. The van der Waals surface area contributed by atoms with Crippen LogP contribution in [0.3, 0.4) is 0 Å². The van der Waals surface area contributed by atoms with E-state index in [4.69, 9.17) is 23.7 Å². The Hall–Kier alpha value is -4.32. The van der Waals surface area contributed by atoms with Crippen molar-refractivity contribution < 1.29 is 33.9 Å². The number of likely N-dealkylation sites (N-methyl/N-ethyl adjacent to an activating group) is 2. The van der Waals surface area contributed by atoms with Crippen LogP contribution in [0.1, 0.15) is 70.3 Å². The molecule has 0 spiro atoms. The van der Waals surface area contributed by atoms with Crippen molar-refractivity contribution in [1.29, 1.82) is 0 Å². The van der Waals surface area contributed by atoms with Crippen LogP contribution in [-0.4, -0.2) is 98.7 Å². The van der Waals surface area contributed by atoms with Gasteiger partial charge in [-0.3, -0.25) is 9.80 Å². The van der Waals surface area contributed by atoms with E-state index in [1.54, 1.807) is 14.2 Å². The molecular weight excluding hydrogens is 695 g/mol. The lowest BCUT2D eigenvalue weighted by Gasteiger charge is -2.38. The number of aliphatic hydroxyl groups excluding tert-OH is 2. The van der Waals surface area contributed by atoms with Crippen LogP contribution in [-0.2, 0) is 32.3 Å². The number of hydrogen-bond donors (Lipinski definition) is 2. The summed E-state index contributed by atoms with van der Waals surface area (Å²) in [7, 11) is 7.65. The van der Waals surface area contributed by atoms with E-state index in [9.17, 15) is 10.2 Å². The number of methoxy groups -OCH3 is 2. The van der Waals surface area contributed by atoms with Crippen molar-refractivity contribution >= 4 is 0 Å². The highest BCUT2D eigenvalue weighted by molar-refractivity contribution is 5.63. The van der Waals surface area contributed by atoms with Crippen LogP contribution < -0.4 is 23.7 Å². The summed E-state index contributed by atoms with van der Waals surface area (Å²) in [6.45, 7) is 4.20. The lowest BCUT2D eigenvalue weighted by Crippen LogP contribution is -2.38. The highest BCUT2D eigenvalue weighted by Crippen LogP contribution is 2.51. The zero-order chi connectivity index (χ0) is 38.1. The SMILES string of the molecule is COc1ccc2cc1Oc1ccc(cc1)C[C@H]1c3cc(c(CO)cc3CCN1C)Oc1c(OCC(O)CN3CCCCC3)c(OC)cc3c1[C@H](C2)N(C)CC3. The van der Waals surface area contributed by atoms with E-state index in [-0.39, 0.29) is 25.3 Å². The van der Waals surface area contributed by atoms with Gasteiger partial charge in [-0.25, -0.2) is 0 Å². The standard InChI is InChI=1S/C45H55N3O7/c1-46-18-14-31-23-33(27-49)40-25-36(31)37(46)20-29-8-11-35(12-9-29)54-41-22-30(10-13-39(41)51-3)21-38-43-32(15-19-47(38)2)24-42(52-4)44(45(43)55-40)53-28-34(50)26-48-16-6-5-7-17-48/h8-13,22-25,34,37-38,49-50H,5-7,14-21,26-28H2,1-4H3/t34?,37-,38-/m0/s1. The van der Waals surface area contributed by atoms with Crippen LogP contribution in [0.4, 0.5) is 0 Å². The Morgan fingerprint density at radius 1 is 0.745 bits per heavy atom. The third-order valence-corrected chi connectivity index (χ3v) is 12.0. The molecule has 0 amide bonds. The molecular formula is C45H55N3O7. The maximum absolute atomic E-state index is 11.3. The fraction of sp³-hybridized carbons (Fsp3) is 0.467. The summed E-state index contributed by atoms with van der Waals surface area (Å²) in [5.74, 6) is 4.26. The third-order valence-electron chi connectivity index (χ3n) is 12.0. The van der Waals surface area contributed by atoms with Gasteiger partial charge in [-0.2, -0.15) is 0 Å². The van der Waals surface area contributed by atoms with E-state index in [2.05, 4.69) is 71.3 Å². The molecule has 5 aliphatic heterocycles. The smallest absolute Gasteiger partial charge is 0.204 e. The van der Waals surface area contributed by atoms with Gasteiger partial charge in [0.15, 0.2) is 23.0 Å². The first-order valence-electron chi connectivity index (χ1n) is 19.9. The van der Waals surface area contributed by atoms with Gasteiger partial charge < -0.3 is 38.8 Å². The molecule has 292 valence electrons. The van der Waals surface area contributed by atoms with Crippen LogP contribution in [0.25, 0.3) is 0 Å². The fourth-order valence-electron chi connectivity index (χ4n) is 8.94. The number of nitrogens with zero attached hydrogens (tertiary/aromatic N) is 3. The minimum absolute atomic E-state index is 0.0874. The summed E-state index contributed by atoms with van der Waals surface area (Å²) in [6.07, 6.45) is 5.98. The Bertz CT molecular complexity index is 1980. The number of β-amino-alcohol motifs (C(OH)–C–C–N with tert-alkyl or cyclic N) is 1. The second-order valence-electron chi connectivity index (χ2n) is 15.7. The molecule has 3 atom stereocenters. The molecule has 10 heteroatoms. The van der Waals surface area contributed by atoms with Crippen LogP contribution in [0.5, 0.6) is 40.2 Å². The predicted octanol–water partition coefficient (Wildman–Crippen LogP) is 6.86. The second kappa shape index (κ2) is 16.4. The summed E-state index contributed by atoms with van der Waals surface area (Å²) in [5, 5.41) is 22.1. The molecule has 4 aromatic rings. The van der Waals surface area contributed by atoms with Gasteiger partial charge in [0.1, 0.15) is 24.2 Å². The number of likely N-dealkylation sites (tertiary alicyclic amines) is 1. The van der Waals surface area contributed by atoms with Gasteiger partial charge in [-0.1, -0.05) is 24.6 Å². The van der Waals surface area contributed by atoms with Crippen molar-refractivity contribution in [3.8, 4) is 40.2 Å². The molecule has 4 aromatic carbocycles. The first-order chi connectivity index (χ1) is 26.8. The van der Waals surface area contributed by atoms with Gasteiger partial charge in [0.2, 0.25) is 5.75 Å². The zero-order valence-corrected chi connectivity index (χ0v) is 32.7. The highest BCUT2D eigenvalue weighted by Gasteiger charge is 2.35. The molecule has 0 radical (unpaired) electrons. The summed E-state index contributed by atoms with van der Waals surface area (Å²) >= 11 is 0. The molecule has 1 unspecified atom stereocenters. The number of piperidine rings is 1. The maximum Gasteiger partial charge on any atom is 0.204 e. The molecule has 5 aliphatic rings. The number of aliphatic hydroxyl groups is 2. The monoisotopic (exact) mass is 749 g/mol. The molecule has 0 aromatic heterocycles. The topological polar surface area (TPSA) is 96.3 Å². The van der Waals surface area contributed by atoms with Crippen molar-refractivity contribution in [2.45, 2.75) is 69.7 Å². The van der Waals surface area contributed by atoms with Crippen molar-refractivity contribution in [3.05, 3.63) is 99.6 Å². The predicted molar refractivity (Wildman–Crippen MR) is 212 cm³/mol. The average molecular weight is 750 g/mol. The zero-order valence-electron chi connectivity index (χ0n) is 32.7. The second-order valence-corrected chi connectivity index (χ2v) is 15.7. The van der Waals surface area contributed by atoms with E-state index < -0.39 is 6.10 Å². The van der Waals surface area contributed by atoms with E-state index in [0.29, 0.717) is 47.5 Å². The van der Waals surface area contributed by atoms with Crippen LogP contribution >= 0.6 is 0 Å². The molecule has 55 heavy (non-hydrogen) atoms. The molecule has 1 fully saturated rings. The average Bonchev–Trinajstić information content (AvgIpc) is 3.20. The molecule has 10 nitrogen and oxygen atoms in total. The van der Waals surface area contributed by atoms with Crippen LogP contribution in [0.15, 0.2) is 60.7 Å². The van der Waals surface area contributed by atoms with E-state index in [1.807, 2.05) is 18.2 Å². The molecule has 5 heterocycles. The van der Waals surface area contributed by atoms with Gasteiger partial charge in [0, 0.05) is 42.8 Å². The first kappa shape index (κ1) is 37.6. The van der Waals surface area contributed by atoms with Gasteiger partial charge in [0.05, 0.1) is 20.8 Å². The molecule has 1 saturated heterocycles. The van der Waals surface area contributed by atoms with Gasteiger partial charge >= 0.3 is 0 Å². The normalized spacial score (nSPS) is 20.7. The molecule has 0 saturated carbocycles. The van der Waals surface area contributed by atoms with Crippen molar-refractivity contribution in [2.24, 2.45) is 0 Å². The first-order valence-corrected chi connectivity index (χ1v) is 19.9. The Kier molecular flexibility index (Phi) is 11.2. The minimum Gasteiger partial charge on any atom is -0.493 e. The highest BCUT2D eigenvalue weighted by atomic mass is 16.5. The number of ether oxygens (including phenoxy) is 5.